The van der Waals surface area contributed by atoms with Crippen molar-refractivity contribution in [2.75, 3.05) is 0 Å². The van der Waals surface area contributed by atoms with E-state index < -0.39 is 0 Å². The van der Waals surface area contributed by atoms with Crippen molar-refractivity contribution in [2.24, 2.45) is 4.99 Å². The number of hydrogen-bond acceptors (Lipinski definition) is 2. The first kappa shape index (κ1) is 19.6. The zero-order chi connectivity index (χ0) is 18.3. The molecule has 1 N–H and O–H groups in total. The van der Waals surface area contributed by atoms with Crippen LogP contribution in [0.15, 0.2) is 77.4 Å². The molecular weight excluding hydrogens is 419 g/mol. The zero-order valence-corrected chi connectivity index (χ0v) is 17.2. The molecule has 0 aliphatic heterocycles. The zero-order valence-electron chi connectivity index (χ0n) is 15.1. The molecule has 2 nitrogen and oxygen atoms in total. The molecule has 0 amide bonds. The highest BCUT2D eigenvalue weighted by Gasteiger charge is 2.26. The highest BCUT2D eigenvalue weighted by atomic mass is 127. The van der Waals surface area contributed by atoms with Crippen LogP contribution in [0.2, 0.25) is 0 Å². The number of benzene rings is 2. The molecule has 25 heavy (non-hydrogen) atoms. The van der Waals surface area contributed by atoms with E-state index in [4.69, 9.17) is 10.4 Å². The van der Waals surface area contributed by atoms with Crippen molar-refractivity contribution >= 4 is 34.0 Å². The molecule has 0 radical (unpaired) electrons. The summed E-state index contributed by atoms with van der Waals surface area (Å²) in [5.74, 6) is 0. The maximum Gasteiger partial charge on any atom is 0.0818 e. The summed E-state index contributed by atoms with van der Waals surface area (Å²) in [6.07, 6.45) is 3.81. The SMILES string of the molecule is CC/C=C(/N=C(c1ccccc1)c1ccccc1)C(=N)C(C)(I)CC. The number of nitrogens with one attached hydrogen (secondary N) is 1. The Bertz CT molecular complexity index is 718. The fourth-order valence-corrected chi connectivity index (χ4v) is 2.73. The van der Waals surface area contributed by atoms with Crippen LogP contribution in [-0.4, -0.2) is 14.8 Å². The molecular formula is C22H25IN2. The lowest BCUT2D eigenvalue weighted by atomic mass is 9.98. The molecule has 0 spiro atoms. The van der Waals surface area contributed by atoms with E-state index in [0.717, 1.165) is 35.4 Å². The fraction of sp³-hybridized carbons (Fsp3) is 0.273. The molecule has 0 bridgehead atoms. The van der Waals surface area contributed by atoms with Crippen molar-refractivity contribution in [2.45, 2.75) is 37.0 Å². The van der Waals surface area contributed by atoms with Gasteiger partial charge in [0.1, 0.15) is 0 Å². The maximum absolute atomic E-state index is 8.69. The van der Waals surface area contributed by atoms with E-state index in [1.54, 1.807) is 0 Å². The topological polar surface area (TPSA) is 36.2 Å². The molecule has 2 aromatic rings. The lowest BCUT2D eigenvalue weighted by Crippen LogP contribution is -2.28. The van der Waals surface area contributed by atoms with Gasteiger partial charge >= 0.3 is 0 Å². The number of aliphatic imine (C=N–C) groups is 1. The molecule has 3 heteroatoms. The van der Waals surface area contributed by atoms with Crippen molar-refractivity contribution in [1.82, 2.24) is 0 Å². The van der Waals surface area contributed by atoms with Crippen molar-refractivity contribution in [3.05, 3.63) is 83.6 Å². The third-order valence-corrected chi connectivity index (χ3v) is 5.47. The predicted molar refractivity (Wildman–Crippen MR) is 117 cm³/mol. The molecule has 2 rings (SSSR count). The maximum atomic E-state index is 8.69. The minimum Gasteiger partial charge on any atom is -0.302 e. The van der Waals surface area contributed by atoms with E-state index in [1.165, 1.54) is 0 Å². The smallest absolute Gasteiger partial charge is 0.0818 e. The van der Waals surface area contributed by atoms with Gasteiger partial charge in [0, 0.05) is 11.1 Å². The van der Waals surface area contributed by atoms with Gasteiger partial charge in [-0.25, -0.2) is 4.99 Å². The van der Waals surface area contributed by atoms with E-state index in [2.05, 4.69) is 73.7 Å². The quantitative estimate of drug-likeness (QED) is 0.290. The van der Waals surface area contributed by atoms with Crippen LogP contribution in [0.25, 0.3) is 0 Å². The average molecular weight is 444 g/mol. The molecule has 0 fully saturated rings. The molecule has 0 heterocycles. The van der Waals surface area contributed by atoms with E-state index in [0.29, 0.717) is 5.71 Å². The van der Waals surface area contributed by atoms with E-state index in [-0.39, 0.29) is 3.42 Å². The summed E-state index contributed by atoms with van der Waals surface area (Å²) in [6.45, 7) is 6.30. The molecule has 1 atom stereocenters. The van der Waals surface area contributed by atoms with Crippen LogP contribution in [0.1, 0.15) is 44.7 Å². The van der Waals surface area contributed by atoms with Gasteiger partial charge in [0.25, 0.3) is 0 Å². The van der Waals surface area contributed by atoms with Gasteiger partial charge in [0.05, 0.1) is 20.5 Å². The minimum absolute atomic E-state index is 0.221. The Hall–Kier alpha value is -1.75. The first-order chi connectivity index (χ1) is 12.0. The number of nitrogens with zero attached hydrogens (tertiary/aromatic N) is 1. The number of alkyl halides is 1. The second kappa shape index (κ2) is 9.09. The van der Waals surface area contributed by atoms with Crippen LogP contribution in [-0.2, 0) is 0 Å². The summed E-state index contributed by atoms with van der Waals surface area (Å²) in [6, 6.07) is 20.4. The average Bonchev–Trinajstić information content (AvgIpc) is 2.66. The van der Waals surface area contributed by atoms with E-state index in [1.807, 2.05) is 36.4 Å². The highest BCUT2D eigenvalue weighted by Crippen LogP contribution is 2.28. The van der Waals surface area contributed by atoms with Crippen LogP contribution < -0.4 is 0 Å². The summed E-state index contributed by atoms with van der Waals surface area (Å²) >= 11 is 2.36. The van der Waals surface area contributed by atoms with Crippen molar-refractivity contribution < 1.29 is 0 Å². The van der Waals surface area contributed by atoms with Crippen LogP contribution in [0, 0.1) is 5.41 Å². The molecule has 0 saturated heterocycles. The lowest BCUT2D eigenvalue weighted by Gasteiger charge is -2.22. The molecule has 1 unspecified atom stereocenters. The standard InChI is InChI=1S/C22H25IN2/c1-4-12-19(21(24)22(3,23)5-2)25-20(17-13-8-6-9-14-17)18-15-10-7-11-16-18/h6-16,24H,4-5H2,1-3H3/b19-12+,24-21?. The van der Waals surface area contributed by atoms with Crippen molar-refractivity contribution in [3.63, 3.8) is 0 Å². The fourth-order valence-electron chi connectivity index (χ4n) is 2.45. The highest BCUT2D eigenvalue weighted by molar-refractivity contribution is 14.1. The molecule has 130 valence electrons. The Kier molecular flexibility index (Phi) is 7.12. The summed E-state index contributed by atoms with van der Waals surface area (Å²) < 4.78 is -0.221. The minimum atomic E-state index is -0.221. The van der Waals surface area contributed by atoms with Crippen LogP contribution in [0.4, 0.5) is 0 Å². The Morgan fingerprint density at radius 3 is 1.88 bits per heavy atom. The monoisotopic (exact) mass is 444 g/mol. The van der Waals surface area contributed by atoms with E-state index in [9.17, 15) is 0 Å². The summed E-state index contributed by atoms with van der Waals surface area (Å²) in [4.78, 5) is 4.97. The van der Waals surface area contributed by atoms with Gasteiger partial charge in [0.15, 0.2) is 0 Å². The Morgan fingerprint density at radius 1 is 1.00 bits per heavy atom. The van der Waals surface area contributed by atoms with Gasteiger partial charge in [-0.3, -0.25) is 0 Å². The molecule has 0 aliphatic rings. The Labute approximate surface area is 164 Å². The van der Waals surface area contributed by atoms with Crippen LogP contribution >= 0.6 is 22.6 Å². The third kappa shape index (κ3) is 5.11. The first-order valence-electron chi connectivity index (χ1n) is 8.67. The second-order valence-corrected chi connectivity index (χ2v) is 8.50. The Morgan fingerprint density at radius 2 is 1.48 bits per heavy atom. The predicted octanol–water partition coefficient (Wildman–Crippen LogP) is 6.44. The first-order valence-corrected chi connectivity index (χ1v) is 9.75. The summed E-state index contributed by atoms with van der Waals surface area (Å²) in [7, 11) is 0. The molecule has 0 aromatic heterocycles. The normalized spacial score (nSPS) is 13.8. The van der Waals surface area contributed by atoms with Crippen molar-refractivity contribution in [1.29, 1.82) is 5.41 Å². The number of hydrogen-bond donors (Lipinski definition) is 1. The number of allylic oxidation sites excluding steroid dienone is 2. The Balaban J connectivity index is 2.58. The lowest BCUT2D eigenvalue weighted by molar-refractivity contribution is 0.820. The van der Waals surface area contributed by atoms with E-state index >= 15 is 0 Å². The second-order valence-electron chi connectivity index (χ2n) is 6.12. The van der Waals surface area contributed by atoms with Crippen molar-refractivity contribution in [3.8, 4) is 0 Å². The van der Waals surface area contributed by atoms with Gasteiger partial charge in [0.2, 0.25) is 0 Å². The van der Waals surface area contributed by atoms with Crippen LogP contribution in [0.5, 0.6) is 0 Å². The molecule has 2 aromatic carbocycles. The van der Waals surface area contributed by atoms with Gasteiger partial charge < -0.3 is 5.41 Å². The van der Waals surface area contributed by atoms with Crippen LogP contribution in [0.3, 0.4) is 0 Å². The van der Waals surface area contributed by atoms with Gasteiger partial charge in [-0.1, -0.05) is 103 Å². The largest absolute Gasteiger partial charge is 0.302 e. The summed E-state index contributed by atoms with van der Waals surface area (Å²) in [5, 5.41) is 8.69. The molecule has 0 aliphatic carbocycles. The third-order valence-electron chi connectivity index (χ3n) is 4.17. The number of halogens is 1. The summed E-state index contributed by atoms with van der Waals surface area (Å²) in [5.41, 5.74) is 4.39. The van der Waals surface area contributed by atoms with Gasteiger partial charge in [-0.05, 0) is 19.8 Å². The molecule has 0 saturated carbocycles. The van der Waals surface area contributed by atoms with Gasteiger partial charge in [-0.15, -0.1) is 0 Å². The number of rotatable bonds is 7. The van der Waals surface area contributed by atoms with Gasteiger partial charge in [-0.2, -0.15) is 0 Å².